The normalized spacial score (nSPS) is 14.1. The first-order valence-electron chi connectivity index (χ1n) is 6.45. The van der Waals surface area contributed by atoms with Crippen molar-refractivity contribution in [3.63, 3.8) is 0 Å². The van der Waals surface area contributed by atoms with Gasteiger partial charge in [-0.25, -0.2) is 4.39 Å². The maximum absolute atomic E-state index is 13.1. The molecule has 0 aliphatic carbocycles. The second-order valence-corrected chi connectivity index (χ2v) is 6.41. The average Bonchev–Trinajstić information content (AvgIpc) is 2.83. The maximum Gasteiger partial charge on any atom is 0.148 e. The molecule has 0 aliphatic rings. The molecule has 1 aromatic heterocycles. The summed E-state index contributed by atoms with van der Waals surface area (Å²) in [5.41, 5.74) is 6.90. The molecule has 2 N–H and O–H groups in total. The second kappa shape index (κ2) is 6.57. The molecule has 0 fully saturated rings. The van der Waals surface area contributed by atoms with Crippen LogP contribution in [-0.4, -0.2) is 6.04 Å². The van der Waals surface area contributed by atoms with E-state index in [2.05, 4.69) is 0 Å². The summed E-state index contributed by atoms with van der Waals surface area (Å²) in [6.45, 7) is 3.82. The lowest BCUT2D eigenvalue weighted by molar-refractivity contribution is 0.173. The van der Waals surface area contributed by atoms with E-state index < -0.39 is 0 Å². The summed E-state index contributed by atoms with van der Waals surface area (Å²) in [6.07, 6.45) is 0.502. The third-order valence-electron chi connectivity index (χ3n) is 3.13. The van der Waals surface area contributed by atoms with Crippen molar-refractivity contribution in [3.05, 3.63) is 50.9 Å². The predicted molar refractivity (Wildman–Crippen MR) is 82.1 cm³/mol. The number of hydrogen-bond acceptors (Lipinski definition) is 3. The minimum Gasteiger partial charge on any atom is -0.483 e. The molecule has 1 aromatic carbocycles. The first-order valence-corrected chi connectivity index (χ1v) is 7.64. The molecule has 2 nitrogen and oxygen atoms in total. The Morgan fingerprint density at radius 2 is 2.10 bits per heavy atom. The number of halogens is 2. The second-order valence-electron chi connectivity index (χ2n) is 4.66. The van der Waals surface area contributed by atoms with E-state index >= 15 is 0 Å². The molecular formula is C15H17ClFNOS. The Hall–Kier alpha value is -1.10. The average molecular weight is 314 g/mol. The predicted octanol–water partition coefficient (Wildman–Crippen LogP) is 4.71. The lowest BCUT2D eigenvalue weighted by atomic mass is 10.1. The minimum absolute atomic E-state index is 0.144. The van der Waals surface area contributed by atoms with Gasteiger partial charge in [-0.1, -0.05) is 18.5 Å². The number of ether oxygens (including phenoxy) is 1. The van der Waals surface area contributed by atoms with Crippen molar-refractivity contribution in [2.24, 2.45) is 5.73 Å². The largest absolute Gasteiger partial charge is 0.483 e. The molecule has 5 heteroatoms. The Morgan fingerprint density at radius 3 is 2.65 bits per heavy atom. The fraction of sp³-hybridized carbons (Fsp3) is 0.333. The summed E-state index contributed by atoms with van der Waals surface area (Å²) >= 11 is 7.43. The summed E-state index contributed by atoms with van der Waals surface area (Å²) in [5.74, 6) is 0.371. The van der Waals surface area contributed by atoms with E-state index in [1.54, 1.807) is 6.07 Å². The zero-order valence-electron chi connectivity index (χ0n) is 11.4. The van der Waals surface area contributed by atoms with Crippen molar-refractivity contribution >= 4 is 22.9 Å². The van der Waals surface area contributed by atoms with Crippen LogP contribution in [0.5, 0.6) is 5.75 Å². The minimum atomic E-state index is -0.276. The quantitative estimate of drug-likeness (QED) is 0.868. The van der Waals surface area contributed by atoms with Gasteiger partial charge in [0.1, 0.15) is 17.7 Å². The van der Waals surface area contributed by atoms with E-state index in [4.69, 9.17) is 22.1 Å². The van der Waals surface area contributed by atoms with Crippen molar-refractivity contribution < 1.29 is 9.13 Å². The molecular weight excluding hydrogens is 297 g/mol. The van der Waals surface area contributed by atoms with Crippen molar-refractivity contribution in [2.75, 3.05) is 0 Å². The Kier molecular flexibility index (Phi) is 5.02. The van der Waals surface area contributed by atoms with E-state index in [1.165, 1.54) is 23.5 Å². The Morgan fingerprint density at radius 1 is 1.35 bits per heavy atom. The molecule has 0 amide bonds. The highest BCUT2D eigenvalue weighted by atomic mass is 35.5. The highest BCUT2D eigenvalue weighted by molar-refractivity contribution is 7.16. The number of rotatable bonds is 5. The number of hydrogen-bond donors (Lipinski definition) is 1. The highest BCUT2D eigenvalue weighted by Crippen LogP contribution is 2.33. The summed E-state index contributed by atoms with van der Waals surface area (Å²) in [4.78, 5) is 0.980. The van der Waals surface area contributed by atoms with Gasteiger partial charge in [-0.15, -0.1) is 11.3 Å². The first kappa shape index (κ1) is 15.3. The fourth-order valence-electron chi connectivity index (χ4n) is 1.93. The van der Waals surface area contributed by atoms with E-state index in [0.717, 1.165) is 16.9 Å². The van der Waals surface area contributed by atoms with Crippen LogP contribution in [0.3, 0.4) is 0 Å². The van der Waals surface area contributed by atoms with Crippen LogP contribution in [0.15, 0.2) is 30.3 Å². The van der Waals surface area contributed by atoms with Crippen LogP contribution in [0.1, 0.15) is 29.9 Å². The number of thiophene rings is 1. The molecule has 1 heterocycles. The third-order valence-corrected chi connectivity index (χ3v) is 4.42. The lowest BCUT2D eigenvalue weighted by Crippen LogP contribution is -2.31. The molecule has 0 bridgehead atoms. The summed E-state index contributed by atoms with van der Waals surface area (Å²) in [6, 6.07) is 8.08. The van der Waals surface area contributed by atoms with E-state index in [1.807, 2.05) is 26.0 Å². The van der Waals surface area contributed by atoms with Gasteiger partial charge in [0.2, 0.25) is 0 Å². The number of aryl methyl sites for hydroxylation is 1. The van der Waals surface area contributed by atoms with Crippen molar-refractivity contribution in [1.82, 2.24) is 0 Å². The topological polar surface area (TPSA) is 35.2 Å². The van der Waals surface area contributed by atoms with Gasteiger partial charge >= 0.3 is 0 Å². The lowest BCUT2D eigenvalue weighted by Gasteiger charge is -2.24. The highest BCUT2D eigenvalue weighted by Gasteiger charge is 2.23. The molecule has 2 atom stereocenters. The SMILES string of the molecule is CCC(N)C(Oc1ccc(F)cc1C)c1ccc(Cl)s1. The monoisotopic (exact) mass is 313 g/mol. The van der Waals surface area contributed by atoms with E-state index in [0.29, 0.717) is 10.1 Å². The summed E-state index contributed by atoms with van der Waals surface area (Å²) < 4.78 is 19.9. The molecule has 2 rings (SSSR count). The van der Waals surface area contributed by atoms with Crippen molar-refractivity contribution in [1.29, 1.82) is 0 Å². The van der Waals surface area contributed by atoms with E-state index in [9.17, 15) is 4.39 Å². The van der Waals surface area contributed by atoms with Gasteiger partial charge in [0, 0.05) is 10.9 Å². The van der Waals surface area contributed by atoms with Gasteiger partial charge in [-0.05, 0) is 49.2 Å². The van der Waals surface area contributed by atoms with E-state index in [-0.39, 0.29) is 18.0 Å². The van der Waals surface area contributed by atoms with Crippen molar-refractivity contribution in [2.45, 2.75) is 32.4 Å². The van der Waals surface area contributed by atoms with Crippen LogP contribution >= 0.6 is 22.9 Å². The standard InChI is InChI=1S/C15H17ClFNOS/c1-3-11(18)15(13-6-7-14(16)20-13)19-12-5-4-10(17)8-9(12)2/h4-8,11,15H,3,18H2,1-2H3. The summed E-state index contributed by atoms with van der Waals surface area (Å²) in [7, 11) is 0. The van der Waals surface area contributed by atoms with Gasteiger partial charge in [0.25, 0.3) is 0 Å². The van der Waals surface area contributed by atoms with Gasteiger partial charge in [0.15, 0.2) is 0 Å². The molecule has 20 heavy (non-hydrogen) atoms. The molecule has 0 radical (unpaired) electrons. The molecule has 2 unspecified atom stereocenters. The smallest absolute Gasteiger partial charge is 0.148 e. The Balaban J connectivity index is 2.28. The number of benzene rings is 1. The van der Waals surface area contributed by atoms with Crippen LogP contribution in [0, 0.1) is 12.7 Å². The molecule has 0 saturated heterocycles. The van der Waals surface area contributed by atoms with Crippen LogP contribution < -0.4 is 10.5 Å². The fourth-order valence-corrected chi connectivity index (χ4v) is 3.10. The number of nitrogens with two attached hydrogens (primary N) is 1. The zero-order valence-corrected chi connectivity index (χ0v) is 13.0. The Bertz CT molecular complexity index is 587. The third kappa shape index (κ3) is 3.51. The maximum atomic E-state index is 13.1. The van der Waals surface area contributed by atoms with Crippen LogP contribution in [-0.2, 0) is 0 Å². The van der Waals surface area contributed by atoms with Gasteiger partial charge in [-0.2, -0.15) is 0 Å². The molecule has 0 aliphatic heterocycles. The van der Waals surface area contributed by atoms with Crippen LogP contribution in [0.2, 0.25) is 4.34 Å². The van der Waals surface area contributed by atoms with Crippen molar-refractivity contribution in [3.8, 4) is 5.75 Å². The zero-order chi connectivity index (χ0) is 14.7. The van der Waals surface area contributed by atoms with Crippen LogP contribution in [0.25, 0.3) is 0 Å². The first-order chi connectivity index (χ1) is 9.51. The van der Waals surface area contributed by atoms with Gasteiger partial charge in [0.05, 0.1) is 4.34 Å². The van der Waals surface area contributed by atoms with Crippen LogP contribution in [0.4, 0.5) is 4.39 Å². The molecule has 108 valence electrons. The van der Waals surface area contributed by atoms with Gasteiger partial charge in [-0.3, -0.25) is 0 Å². The molecule has 0 spiro atoms. The Labute approximate surface area is 127 Å². The summed E-state index contributed by atoms with van der Waals surface area (Å²) in [5, 5.41) is 0. The molecule has 0 saturated carbocycles. The molecule has 2 aromatic rings. The van der Waals surface area contributed by atoms with Gasteiger partial charge < -0.3 is 10.5 Å².